The van der Waals surface area contributed by atoms with Gasteiger partial charge in [0.1, 0.15) is 0 Å². The van der Waals surface area contributed by atoms with Gasteiger partial charge in [-0.1, -0.05) is 42.5 Å². The van der Waals surface area contributed by atoms with Gasteiger partial charge in [-0.25, -0.2) is 0 Å². The second-order valence-corrected chi connectivity index (χ2v) is 7.13. The second kappa shape index (κ2) is 7.67. The van der Waals surface area contributed by atoms with Crippen molar-refractivity contribution in [3.05, 3.63) is 60.4 Å². The summed E-state index contributed by atoms with van der Waals surface area (Å²) < 4.78 is 10.7. The Morgan fingerprint density at radius 1 is 1.00 bits per heavy atom. The highest BCUT2D eigenvalue weighted by molar-refractivity contribution is 7.51. The average molecular weight is 359 g/mol. The van der Waals surface area contributed by atoms with E-state index in [4.69, 9.17) is 9.79 Å². The summed E-state index contributed by atoms with van der Waals surface area (Å²) in [5.74, 6) is 0.505. The lowest BCUT2D eigenvalue weighted by Gasteiger charge is -2.04. The lowest BCUT2D eigenvalue weighted by molar-refractivity contribution is 0.368. The van der Waals surface area contributed by atoms with Crippen LogP contribution in [-0.2, 0) is 11.0 Å². The van der Waals surface area contributed by atoms with Crippen LogP contribution in [-0.4, -0.2) is 42.8 Å². The first-order valence-electron chi connectivity index (χ1n) is 7.71. The number of benzene rings is 2. The zero-order valence-electron chi connectivity index (χ0n) is 13.4. The minimum Gasteiger partial charge on any atom is -0.324 e. The minimum absolute atomic E-state index is 0.359. The topological polar surface area (TPSA) is 113 Å². The number of tetrazole rings is 1. The van der Waals surface area contributed by atoms with E-state index in [9.17, 15) is 4.57 Å². The number of hydrogen-bond donors (Lipinski definition) is 3. The molecule has 8 nitrogen and oxygen atoms in total. The molecule has 0 aliphatic heterocycles. The molecule has 0 amide bonds. The maximum absolute atomic E-state index is 10.7. The van der Waals surface area contributed by atoms with E-state index in [-0.39, 0.29) is 6.29 Å². The van der Waals surface area contributed by atoms with Gasteiger partial charge in [-0.2, -0.15) is 0 Å². The molecule has 0 bridgehead atoms. The summed E-state index contributed by atoms with van der Waals surface area (Å²) in [6.45, 7) is 0.365. The van der Waals surface area contributed by atoms with Gasteiger partial charge >= 0.3 is 7.60 Å². The molecule has 0 saturated heterocycles. The SMILES string of the molecule is O=P(O)(O)CNCCc1nnn(-c2ccc(-c3ccccc3)cc2)n1. The molecule has 0 atom stereocenters. The third kappa shape index (κ3) is 5.04. The molecule has 0 unspecified atom stereocenters. The molecular formula is C16H18N5O3P. The van der Waals surface area contributed by atoms with Crippen molar-refractivity contribution in [2.75, 3.05) is 12.8 Å². The summed E-state index contributed by atoms with van der Waals surface area (Å²) in [6, 6.07) is 17.9. The molecule has 1 heterocycles. The molecule has 0 saturated carbocycles. The second-order valence-electron chi connectivity index (χ2n) is 5.48. The third-order valence-corrected chi connectivity index (χ3v) is 4.14. The summed E-state index contributed by atoms with van der Waals surface area (Å²) in [5.41, 5.74) is 3.03. The molecular weight excluding hydrogens is 341 g/mol. The Balaban J connectivity index is 1.61. The van der Waals surface area contributed by atoms with Gasteiger partial charge in [0, 0.05) is 13.0 Å². The van der Waals surface area contributed by atoms with E-state index >= 15 is 0 Å². The Kier molecular flexibility index (Phi) is 5.35. The van der Waals surface area contributed by atoms with Crippen LogP contribution in [0.3, 0.4) is 0 Å². The molecule has 130 valence electrons. The van der Waals surface area contributed by atoms with E-state index in [0.717, 1.165) is 16.8 Å². The van der Waals surface area contributed by atoms with Gasteiger partial charge in [-0.3, -0.25) is 4.57 Å². The van der Waals surface area contributed by atoms with E-state index < -0.39 is 7.60 Å². The van der Waals surface area contributed by atoms with E-state index in [2.05, 4.69) is 20.7 Å². The predicted octanol–water partition coefficient (Wildman–Crippen LogP) is 1.60. The smallest absolute Gasteiger partial charge is 0.324 e. The normalized spacial score (nSPS) is 11.6. The van der Waals surface area contributed by atoms with E-state index in [1.54, 1.807) is 0 Å². The quantitative estimate of drug-likeness (QED) is 0.434. The van der Waals surface area contributed by atoms with Crippen molar-refractivity contribution in [2.24, 2.45) is 0 Å². The molecule has 3 N–H and O–H groups in total. The van der Waals surface area contributed by atoms with Crippen LogP contribution >= 0.6 is 7.60 Å². The molecule has 3 aromatic rings. The Hall–Kier alpha value is -2.38. The summed E-state index contributed by atoms with van der Waals surface area (Å²) >= 11 is 0. The van der Waals surface area contributed by atoms with Crippen LogP contribution in [0, 0.1) is 0 Å². The summed E-state index contributed by atoms with van der Waals surface area (Å²) in [5, 5.41) is 14.9. The van der Waals surface area contributed by atoms with Gasteiger partial charge in [0.25, 0.3) is 0 Å². The highest BCUT2D eigenvalue weighted by Gasteiger charge is 2.11. The molecule has 2 aromatic carbocycles. The van der Waals surface area contributed by atoms with E-state index in [1.165, 1.54) is 4.80 Å². The van der Waals surface area contributed by atoms with Crippen LogP contribution in [0.25, 0.3) is 16.8 Å². The van der Waals surface area contributed by atoms with Gasteiger partial charge in [-0.15, -0.1) is 15.0 Å². The molecule has 25 heavy (non-hydrogen) atoms. The zero-order valence-corrected chi connectivity index (χ0v) is 14.3. The summed E-state index contributed by atoms with van der Waals surface area (Å²) in [7, 11) is -4.03. The summed E-state index contributed by atoms with van der Waals surface area (Å²) in [4.78, 5) is 19.0. The van der Waals surface area contributed by atoms with Crippen molar-refractivity contribution in [3.63, 3.8) is 0 Å². The van der Waals surface area contributed by atoms with Crippen molar-refractivity contribution in [2.45, 2.75) is 6.42 Å². The first kappa shape index (κ1) is 17.4. The molecule has 1 aromatic heterocycles. The van der Waals surface area contributed by atoms with Crippen molar-refractivity contribution < 1.29 is 14.4 Å². The number of hydrogen-bond acceptors (Lipinski definition) is 5. The minimum atomic E-state index is -4.03. The molecule has 0 radical (unpaired) electrons. The standard InChI is InChI=1S/C16H18N5O3P/c22-25(23,24)12-17-11-10-16-18-20-21(19-16)15-8-6-14(7-9-15)13-4-2-1-3-5-13/h1-9,17H,10-12H2,(H2,22,23,24). The maximum atomic E-state index is 10.7. The monoisotopic (exact) mass is 359 g/mol. The Labute approximate surface area is 144 Å². The summed E-state index contributed by atoms with van der Waals surface area (Å²) in [6.07, 6.45) is 0.0736. The average Bonchev–Trinajstić information content (AvgIpc) is 3.08. The number of rotatable bonds is 7. The fourth-order valence-corrected chi connectivity index (χ4v) is 2.74. The van der Waals surface area contributed by atoms with Crippen molar-refractivity contribution in [3.8, 4) is 16.8 Å². The number of nitrogens with zero attached hydrogens (tertiary/aromatic N) is 4. The molecule has 9 heteroatoms. The Morgan fingerprint density at radius 3 is 2.36 bits per heavy atom. The molecule has 0 spiro atoms. The molecule has 3 rings (SSSR count). The van der Waals surface area contributed by atoms with Crippen LogP contribution in [0.1, 0.15) is 5.82 Å². The molecule has 0 aliphatic rings. The maximum Gasteiger partial charge on any atom is 0.339 e. The lowest BCUT2D eigenvalue weighted by atomic mass is 10.1. The number of nitrogens with one attached hydrogen (secondary N) is 1. The van der Waals surface area contributed by atoms with Crippen molar-refractivity contribution in [1.82, 2.24) is 25.5 Å². The Morgan fingerprint density at radius 2 is 1.68 bits per heavy atom. The molecule has 0 fully saturated rings. The largest absolute Gasteiger partial charge is 0.339 e. The van der Waals surface area contributed by atoms with E-state index in [0.29, 0.717) is 18.8 Å². The zero-order chi connectivity index (χ0) is 17.7. The van der Waals surface area contributed by atoms with E-state index in [1.807, 2.05) is 54.6 Å². The van der Waals surface area contributed by atoms with Crippen LogP contribution in [0.4, 0.5) is 0 Å². The van der Waals surface area contributed by atoms with Gasteiger partial charge in [0.2, 0.25) is 0 Å². The first-order chi connectivity index (χ1) is 12.0. The highest BCUT2D eigenvalue weighted by Crippen LogP contribution is 2.31. The first-order valence-corrected chi connectivity index (χ1v) is 9.51. The van der Waals surface area contributed by atoms with Gasteiger partial charge < -0.3 is 15.1 Å². The fraction of sp³-hybridized carbons (Fsp3) is 0.188. The van der Waals surface area contributed by atoms with Gasteiger partial charge in [-0.05, 0) is 28.5 Å². The predicted molar refractivity (Wildman–Crippen MR) is 93.2 cm³/mol. The fourth-order valence-electron chi connectivity index (χ4n) is 2.30. The number of aromatic nitrogens is 4. The van der Waals surface area contributed by atoms with Crippen molar-refractivity contribution >= 4 is 7.60 Å². The lowest BCUT2D eigenvalue weighted by Crippen LogP contribution is -2.19. The van der Waals surface area contributed by atoms with Crippen LogP contribution in [0.15, 0.2) is 54.6 Å². The molecule has 0 aliphatic carbocycles. The van der Waals surface area contributed by atoms with Crippen LogP contribution in [0.2, 0.25) is 0 Å². The van der Waals surface area contributed by atoms with Crippen molar-refractivity contribution in [1.29, 1.82) is 0 Å². The third-order valence-electron chi connectivity index (χ3n) is 3.50. The van der Waals surface area contributed by atoms with Crippen LogP contribution in [0.5, 0.6) is 0 Å². The van der Waals surface area contributed by atoms with Gasteiger partial charge in [0.05, 0.1) is 12.0 Å². The van der Waals surface area contributed by atoms with Gasteiger partial charge in [0.15, 0.2) is 5.82 Å². The highest BCUT2D eigenvalue weighted by atomic mass is 31.2. The Bertz CT molecular complexity index is 861. The van der Waals surface area contributed by atoms with Crippen LogP contribution < -0.4 is 5.32 Å².